The number of anilines is 1. The first kappa shape index (κ1) is 13.4. The lowest BCUT2D eigenvalue weighted by Gasteiger charge is -2.07. The second kappa shape index (κ2) is 5.75. The molecule has 0 atom stereocenters. The Morgan fingerprint density at radius 2 is 2.32 bits per heavy atom. The molecule has 2 rings (SSSR count). The molecule has 19 heavy (non-hydrogen) atoms. The molecule has 2 aromatic rings. The molecule has 1 aromatic heterocycles. The summed E-state index contributed by atoms with van der Waals surface area (Å²) in [4.78, 5) is 11.6. The lowest BCUT2D eigenvalue weighted by Crippen LogP contribution is -2.14. The molecule has 0 aliphatic carbocycles. The zero-order valence-corrected chi connectivity index (χ0v) is 11.2. The molecule has 0 fully saturated rings. The van der Waals surface area contributed by atoms with Crippen LogP contribution in [0.2, 0.25) is 5.02 Å². The molecule has 0 aliphatic heterocycles. The van der Waals surface area contributed by atoms with Crippen LogP contribution in [-0.4, -0.2) is 15.7 Å². The van der Waals surface area contributed by atoms with E-state index in [1.54, 1.807) is 6.20 Å². The average molecular weight is 280 g/mol. The van der Waals surface area contributed by atoms with Crippen LogP contribution < -0.4 is 5.73 Å². The highest BCUT2D eigenvalue weighted by atomic mass is 35.5. The Balaban J connectivity index is 1.89. The minimum atomic E-state index is -0.389. The van der Waals surface area contributed by atoms with Gasteiger partial charge in [0.15, 0.2) is 0 Å². The Morgan fingerprint density at radius 3 is 2.95 bits per heavy atom. The Hall–Kier alpha value is -2.01. The summed E-state index contributed by atoms with van der Waals surface area (Å²) in [5, 5.41) is 4.50. The zero-order valence-electron chi connectivity index (χ0n) is 10.5. The summed E-state index contributed by atoms with van der Waals surface area (Å²) in [5.41, 5.74) is 7.85. The van der Waals surface area contributed by atoms with Gasteiger partial charge in [0.25, 0.3) is 0 Å². The normalized spacial score (nSPS) is 10.4. The largest absolute Gasteiger partial charge is 0.459 e. The summed E-state index contributed by atoms with van der Waals surface area (Å²) in [5.74, 6) is -0.389. The highest BCUT2D eigenvalue weighted by Crippen LogP contribution is 2.18. The van der Waals surface area contributed by atoms with E-state index in [2.05, 4.69) is 5.10 Å². The van der Waals surface area contributed by atoms with Gasteiger partial charge in [0.2, 0.25) is 0 Å². The van der Waals surface area contributed by atoms with Gasteiger partial charge < -0.3 is 10.5 Å². The number of aryl methyl sites for hydroxylation is 1. The molecule has 0 saturated heterocycles. The van der Waals surface area contributed by atoms with Gasteiger partial charge in [0.1, 0.15) is 13.2 Å². The molecule has 5 nitrogen and oxygen atoms in total. The van der Waals surface area contributed by atoms with E-state index in [9.17, 15) is 4.79 Å². The molecular weight excluding hydrogens is 266 g/mol. The standard InChI is InChI=1S/C13H14ClN3O2/c1-9-2-3-10(12(14)4-9)8-19-13(18)7-17-6-11(15)5-16-17/h2-6H,7-8,15H2,1H3. The molecule has 2 N–H and O–H groups in total. The van der Waals surface area contributed by atoms with Gasteiger partial charge in [-0.1, -0.05) is 23.7 Å². The van der Waals surface area contributed by atoms with E-state index >= 15 is 0 Å². The summed E-state index contributed by atoms with van der Waals surface area (Å²) >= 11 is 6.05. The van der Waals surface area contributed by atoms with Crippen molar-refractivity contribution in [1.29, 1.82) is 0 Å². The minimum Gasteiger partial charge on any atom is -0.459 e. The van der Waals surface area contributed by atoms with Crippen molar-refractivity contribution in [2.75, 3.05) is 5.73 Å². The summed E-state index contributed by atoms with van der Waals surface area (Å²) in [7, 11) is 0. The number of rotatable bonds is 4. The number of nitrogens with zero attached hydrogens (tertiary/aromatic N) is 2. The topological polar surface area (TPSA) is 70.1 Å². The molecule has 0 spiro atoms. The molecule has 6 heteroatoms. The Bertz CT molecular complexity index is 595. The maximum Gasteiger partial charge on any atom is 0.328 e. The Morgan fingerprint density at radius 1 is 1.53 bits per heavy atom. The predicted molar refractivity (Wildman–Crippen MR) is 72.6 cm³/mol. The van der Waals surface area contributed by atoms with Gasteiger partial charge >= 0.3 is 5.97 Å². The first-order chi connectivity index (χ1) is 9.04. The fraction of sp³-hybridized carbons (Fsp3) is 0.231. The van der Waals surface area contributed by atoms with Gasteiger partial charge in [0, 0.05) is 16.8 Å². The summed E-state index contributed by atoms with van der Waals surface area (Å²) in [6.07, 6.45) is 3.05. The number of aromatic nitrogens is 2. The highest BCUT2D eigenvalue weighted by Gasteiger charge is 2.07. The first-order valence-electron chi connectivity index (χ1n) is 5.73. The fourth-order valence-electron chi connectivity index (χ4n) is 1.57. The number of halogens is 1. The molecule has 0 unspecified atom stereocenters. The van der Waals surface area contributed by atoms with Gasteiger partial charge in [-0.15, -0.1) is 0 Å². The molecule has 0 bridgehead atoms. The number of hydrogen-bond acceptors (Lipinski definition) is 4. The third-order valence-electron chi connectivity index (χ3n) is 2.54. The number of carbonyl (C=O) groups excluding carboxylic acids is 1. The number of esters is 1. The van der Waals surface area contributed by atoms with Crippen molar-refractivity contribution < 1.29 is 9.53 Å². The molecule has 0 amide bonds. The number of nitrogen functional groups attached to an aromatic ring is 1. The second-order valence-electron chi connectivity index (χ2n) is 4.23. The number of hydrogen-bond donors (Lipinski definition) is 1. The van der Waals surface area contributed by atoms with Gasteiger partial charge in [-0.05, 0) is 18.6 Å². The summed E-state index contributed by atoms with van der Waals surface area (Å²) in [6.45, 7) is 2.12. The van der Waals surface area contributed by atoms with E-state index in [0.717, 1.165) is 11.1 Å². The van der Waals surface area contributed by atoms with E-state index < -0.39 is 0 Å². The number of carbonyl (C=O) groups is 1. The van der Waals surface area contributed by atoms with Crippen molar-refractivity contribution in [3.05, 3.63) is 46.7 Å². The van der Waals surface area contributed by atoms with E-state index in [1.165, 1.54) is 10.9 Å². The Labute approximate surface area is 115 Å². The van der Waals surface area contributed by atoms with Crippen molar-refractivity contribution >= 4 is 23.3 Å². The van der Waals surface area contributed by atoms with Crippen LogP contribution in [0.1, 0.15) is 11.1 Å². The first-order valence-corrected chi connectivity index (χ1v) is 6.11. The number of nitrogens with two attached hydrogens (primary N) is 1. The molecule has 1 aromatic carbocycles. The lowest BCUT2D eigenvalue weighted by atomic mass is 10.2. The van der Waals surface area contributed by atoms with Crippen molar-refractivity contribution in [3.63, 3.8) is 0 Å². The number of ether oxygens (including phenoxy) is 1. The smallest absolute Gasteiger partial charge is 0.328 e. The second-order valence-corrected chi connectivity index (χ2v) is 4.63. The minimum absolute atomic E-state index is 0.0285. The zero-order chi connectivity index (χ0) is 13.8. The van der Waals surface area contributed by atoms with E-state index in [-0.39, 0.29) is 19.1 Å². The van der Waals surface area contributed by atoms with Crippen LogP contribution in [0.4, 0.5) is 5.69 Å². The molecular formula is C13H14ClN3O2. The van der Waals surface area contributed by atoms with Crippen molar-refractivity contribution in [2.45, 2.75) is 20.1 Å². The molecule has 0 radical (unpaired) electrons. The van der Waals surface area contributed by atoms with Gasteiger partial charge in [-0.25, -0.2) is 0 Å². The predicted octanol–water partition coefficient (Wildman–Crippen LogP) is 2.17. The monoisotopic (exact) mass is 279 g/mol. The Kier molecular flexibility index (Phi) is 4.06. The maximum absolute atomic E-state index is 11.6. The van der Waals surface area contributed by atoms with Crippen LogP contribution in [0, 0.1) is 6.92 Å². The van der Waals surface area contributed by atoms with E-state index in [0.29, 0.717) is 10.7 Å². The van der Waals surface area contributed by atoms with Crippen LogP contribution in [0.5, 0.6) is 0 Å². The third kappa shape index (κ3) is 3.72. The quantitative estimate of drug-likeness (QED) is 0.871. The number of benzene rings is 1. The highest BCUT2D eigenvalue weighted by molar-refractivity contribution is 6.31. The van der Waals surface area contributed by atoms with Crippen molar-refractivity contribution in [1.82, 2.24) is 9.78 Å². The van der Waals surface area contributed by atoms with Crippen LogP contribution >= 0.6 is 11.6 Å². The summed E-state index contributed by atoms with van der Waals surface area (Å²) < 4.78 is 6.56. The van der Waals surface area contributed by atoms with Crippen LogP contribution in [-0.2, 0) is 22.7 Å². The van der Waals surface area contributed by atoms with E-state index in [1.807, 2.05) is 25.1 Å². The van der Waals surface area contributed by atoms with Crippen molar-refractivity contribution in [2.24, 2.45) is 0 Å². The van der Waals surface area contributed by atoms with E-state index in [4.69, 9.17) is 22.1 Å². The molecule has 100 valence electrons. The third-order valence-corrected chi connectivity index (χ3v) is 2.89. The average Bonchev–Trinajstić information content (AvgIpc) is 2.73. The van der Waals surface area contributed by atoms with Gasteiger partial charge in [-0.2, -0.15) is 5.10 Å². The van der Waals surface area contributed by atoms with Gasteiger partial charge in [0.05, 0.1) is 11.9 Å². The fourth-order valence-corrected chi connectivity index (χ4v) is 1.86. The summed E-state index contributed by atoms with van der Waals surface area (Å²) in [6, 6.07) is 5.60. The van der Waals surface area contributed by atoms with Crippen LogP contribution in [0.3, 0.4) is 0 Å². The molecule has 0 aliphatic rings. The van der Waals surface area contributed by atoms with Gasteiger partial charge in [-0.3, -0.25) is 9.48 Å². The lowest BCUT2D eigenvalue weighted by molar-refractivity contribution is -0.145. The maximum atomic E-state index is 11.6. The molecule has 0 saturated carbocycles. The van der Waals surface area contributed by atoms with Crippen LogP contribution in [0.15, 0.2) is 30.6 Å². The van der Waals surface area contributed by atoms with Crippen molar-refractivity contribution in [3.8, 4) is 0 Å². The SMILES string of the molecule is Cc1ccc(COC(=O)Cn2cc(N)cn2)c(Cl)c1. The molecule has 1 heterocycles. The van der Waals surface area contributed by atoms with Crippen LogP contribution in [0.25, 0.3) is 0 Å².